The predicted octanol–water partition coefficient (Wildman–Crippen LogP) is 3.52. The molecule has 0 aromatic heterocycles. The van der Waals surface area contributed by atoms with Crippen LogP contribution in [0.1, 0.15) is 45.6 Å². The van der Waals surface area contributed by atoms with Crippen molar-refractivity contribution < 1.29 is 14.3 Å². The Morgan fingerprint density at radius 1 is 1.06 bits per heavy atom. The molecule has 0 aliphatic heterocycles. The van der Waals surface area contributed by atoms with Gasteiger partial charge in [-0.15, -0.1) is 0 Å². The SMILES string of the molecule is CC.CCCCC(=O)OC(=O)Cc1ccccc1. The first-order valence-electron chi connectivity index (χ1n) is 6.49. The van der Waals surface area contributed by atoms with Crippen molar-refractivity contribution in [1.29, 1.82) is 0 Å². The molecule has 0 atom stereocenters. The molecule has 0 heterocycles. The van der Waals surface area contributed by atoms with E-state index >= 15 is 0 Å². The Labute approximate surface area is 109 Å². The lowest BCUT2D eigenvalue weighted by atomic mass is 10.2. The topological polar surface area (TPSA) is 43.4 Å². The number of ether oxygens (including phenoxy) is 1. The second-order valence-corrected chi connectivity index (χ2v) is 3.61. The number of esters is 2. The van der Waals surface area contributed by atoms with E-state index in [1.54, 1.807) is 0 Å². The van der Waals surface area contributed by atoms with Gasteiger partial charge in [0.25, 0.3) is 0 Å². The van der Waals surface area contributed by atoms with E-state index in [1.165, 1.54) is 0 Å². The van der Waals surface area contributed by atoms with E-state index in [9.17, 15) is 9.59 Å². The number of hydrogen-bond donors (Lipinski definition) is 0. The lowest BCUT2D eigenvalue weighted by Gasteiger charge is -2.02. The first-order valence-corrected chi connectivity index (χ1v) is 6.49. The molecular weight excluding hydrogens is 228 g/mol. The summed E-state index contributed by atoms with van der Waals surface area (Å²) in [5.41, 5.74) is 0.857. The zero-order valence-electron chi connectivity index (χ0n) is 11.4. The molecule has 0 spiro atoms. The van der Waals surface area contributed by atoms with Crippen LogP contribution in [-0.2, 0) is 20.7 Å². The second kappa shape index (κ2) is 10.5. The quantitative estimate of drug-likeness (QED) is 0.593. The molecule has 0 saturated heterocycles. The summed E-state index contributed by atoms with van der Waals surface area (Å²) >= 11 is 0. The smallest absolute Gasteiger partial charge is 0.317 e. The van der Waals surface area contributed by atoms with Gasteiger partial charge >= 0.3 is 11.9 Å². The molecule has 0 radical (unpaired) electrons. The molecule has 0 aliphatic carbocycles. The van der Waals surface area contributed by atoms with Crippen LogP contribution >= 0.6 is 0 Å². The number of unbranched alkanes of at least 4 members (excludes halogenated alkanes) is 1. The van der Waals surface area contributed by atoms with Crippen molar-refractivity contribution in [2.75, 3.05) is 0 Å². The molecule has 1 rings (SSSR count). The molecule has 0 fully saturated rings. The van der Waals surface area contributed by atoms with Crippen LogP contribution in [0.3, 0.4) is 0 Å². The standard InChI is InChI=1S/C13H16O3.C2H6/c1-2-3-9-12(14)16-13(15)10-11-7-5-4-6-8-11;1-2/h4-8H,2-3,9-10H2,1H3;1-2H3. The van der Waals surface area contributed by atoms with Gasteiger partial charge < -0.3 is 4.74 Å². The van der Waals surface area contributed by atoms with Crippen LogP contribution in [0, 0.1) is 0 Å². The molecule has 3 heteroatoms. The minimum Gasteiger partial charge on any atom is -0.393 e. The Bertz CT molecular complexity index is 344. The first kappa shape index (κ1) is 16.4. The summed E-state index contributed by atoms with van der Waals surface area (Å²) in [7, 11) is 0. The van der Waals surface area contributed by atoms with E-state index in [0.29, 0.717) is 6.42 Å². The molecule has 3 nitrogen and oxygen atoms in total. The van der Waals surface area contributed by atoms with E-state index in [2.05, 4.69) is 4.74 Å². The third-order valence-corrected chi connectivity index (χ3v) is 2.15. The fraction of sp³-hybridized carbons (Fsp3) is 0.467. The highest BCUT2D eigenvalue weighted by molar-refractivity contribution is 5.86. The highest BCUT2D eigenvalue weighted by Crippen LogP contribution is 2.02. The fourth-order valence-electron chi connectivity index (χ4n) is 1.30. The van der Waals surface area contributed by atoms with Gasteiger partial charge in [-0.25, -0.2) is 0 Å². The molecule has 0 aliphatic rings. The van der Waals surface area contributed by atoms with Gasteiger partial charge in [0.05, 0.1) is 6.42 Å². The van der Waals surface area contributed by atoms with Crippen LogP contribution in [0.4, 0.5) is 0 Å². The molecule has 0 unspecified atom stereocenters. The zero-order valence-corrected chi connectivity index (χ0v) is 11.4. The molecule has 1 aromatic rings. The number of rotatable bonds is 5. The summed E-state index contributed by atoms with van der Waals surface area (Å²) in [5, 5.41) is 0. The van der Waals surface area contributed by atoms with Crippen molar-refractivity contribution in [3.63, 3.8) is 0 Å². The van der Waals surface area contributed by atoms with Gasteiger partial charge in [0.15, 0.2) is 0 Å². The third-order valence-electron chi connectivity index (χ3n) is 2.15. The van der Waals surface area contributed by atoms with E-state index in [4.69, 9.17) is 0 Å². The minimum absolute atomic E-state index is 0.151. The summed E-state index contributed by atoms with van der Waals surface area (Å²) in [5.74, 6) is -0.907. The maximum absolute atomic E-state index is 11.3. The highest BCUT2D eigenvalue weighted by atomic mass is 16.6. The maximum atomic E-state index is 11.3. The first-order chi connectivity index (χ1) is 8.72. The molecule has 100 valence electrons. The summed E-state index contributed by atoms with van der Waals surface area (Å²) < 4.78 is 4.68. The predicted molar refractivity (Wildman–Crippen MR) is 72.1 cm³/mol. The maximum Gasteiger partial charge on any atom is 0.317 e. The summed E-state index contributed by atoms with van der Waals surface area (Å²) in [4.78, 5) is 22.5. The van der Waals surface area contributed by atoms with E-state index in [0.717, 1.165) is 18.4 Å². The largest absolute Gasteiger partial charge is 0.393 e. The van der Waals surface area contributed by atoms with Crippen molar-refractivity contribution in [1.82, 2.24) is 0 Å². The van der Waals surface area contributed by atoms with Gasteiger partial charge in [0.1, 0.15) is 0 Å². The van der Waals surface area contributed by atoms with Crippen LogP contribution in [0.25, 0.3) is 0 Å². The van der Waals surface area contributed by atoms with Crippen LogP contribution in [0.15, 0.2) is 30.3 Å². The van der Waals surface area contributed by atoms with Crippen LogP contribution in [0.2, 0.25) is 0 Å². The Kier molecular flexibility index (Phi) is 9.55. The monoisotopic (exact) mass is 250 g/mol. The molecule has 1 aromatic carbocycles. The molecular formula is C15H22O3. The molecule has 0 bridgehead atoms. The average molecular weight is 250 g/mol. The molecule has 0 N–H and O–H groups in total. The fourth-order valence-corrected chi connectivity index (χ4v) is 1.30. The molecule has 0 saturated carbocycles. The van der Waals surface area contributed by atoms with Crippen molar-refractivity contribution in [3.05, 3.63) is 35.9 Å². The minimum atomic E-state index is -0.479. The van der Waals surface area contributed by atoms with E-state index < -0.39 is 11.9 Å². The number of hydrogen-bond acceptors (Lipinski definition) is 3. The van der Waals surface area contributed by atoms with Gasteiger partial charge in [-0.3, -0.25) is 9.59 Å². The third kappa shape index (κ3) is 7.60. The molecule has 0 amide bonds. The number of carbonyl (C=O) groups is 2. The molecule has 18 heavy (non-hydrogen) atoms. The van der Waals surface area contributed by atoms with Gasteiger partial charge in [-0.05, 0) is 12.0 Å². The van der Waals surface area contributed by atoms with Crippen molar-refractivity contribution >= 4 is 11.9 Å². The Hall–Kier alpha value is -1.64. The highest BCUT2D eigenvalue weighted by Gasteiger charge is 2.10. The van der Waals surface area contributed by atoms with Crippen molar-refractivity contribution in [3.8, 4) is 0 Å². The van der Waals surface area contributed by atoms with E-state index in [1.807, 2.05) is 51.1 Å². The van der Waals surface area contributed by atoms with Crippen LogP contribution < -0.4 is 0 Å². The van der Waals surface area contributed by atoms with Crippen LogP contribution in [0.5, 0.6) is 0 Å². The van der Waals surface area contributed by atoms with E-state index in [-0.39, 0.29) is 6.42 Å². The number of carbonyl (C=O) groups excluding carboxylic acids is 2. The number of benzene rings is 1. The lowest BCUT2D eigenvalue weighted by molar-refractivity contribution is -0.159. The van der Waals surface area contributed by atoms with Crippen LogP contribution in [-0.4, -0.2) is 11.9 Å². The van der Waals surface area contributed by atoms with Gasteiger partial charge in [-0.1, -0.05) is 57.5 Å². The van der Waals surface area contributed by atoms with Gasteiger partial charge in [0, 0.05) is 6.42 Å². The Morgan fingerprint density at radius 3 is 2.22 bits per heavy atom. The van der Waals surface area contributed by atoms with Gasteiger partial charge in [-0.2, -0.15) is 0 Å². The Balaban J connectivity index is 0.00000137. The van der Waals surface area contributed by atoms with Gasteiger partial charge in [0.2, 0.25) is 0 Å². The summed E-state index contributed by atoms with van der Waals surface area (Å²) in [6, 6.07) is 9.24. The summed E-state index contributed by atoms with van der Waals surface area (Å²) in [6.45, 7) is 5.99. The van der Waals surface area contributed by atoms with Crippen molar-refractivity contribution in [2.45, 2.75) is 46.5 Å². The summed E-state index contributed by atoms with van der Waals surface area (Å²) in [6.07, 6.45) is 2.15. The Morgan fingerprint density at radius 2 is 1.67 bits per heavy atom. The normalized spacial score (nSPS) is 9.06. The second-order valence-electron chi connectivity index (χ2n) is 3.61. The zero-order chi connectivity index (χ0) is 13.8. The van der Waals surface area contributed by atoms with Crippen molar-refractivity contribution in [2.24, 2.45) is 0 Å². The lowest BCUT2D eigenvalue weighted by Crippen LogP contribution is -2.14. The average Bonchev–Trinajstić information content (AvgIpc) is 2.39.